The van der Waals surface area contributed by atoms with Gasteiger partial charge in [-0.1, -0.05) is 94.9 Å². The Labute approximate surface area is 410 Å². The molecule has 5 heterocycles. The van der Waals surface area contributed by atoms with E-state index in [2.05, 4.69) is 129 Å². The maximum Gasteiger partial charge on any atom is 0.341 e. The molecule has 10 rings (SSSR count). The summed E-state index contributed by atoms with van der Waals surface area (Å²) in [5.41, 5.74) is 9.33. The molecule has 10 heteroatoms. The van der Waals surface area contributed by atoms with Gasteiger partial charge in [0.15, 0.2) is 5.60 Å². The molecule has 5 aliphatic heterocycles. The van der Waals surface area contributed by atoms with Crippen LogP contribution in [0, 0.1) is 0 Å². The summed E-state index contributed by atoms with van der Waals surface area (Å²) in [6, 6.07) is 35.2. The van der Waals surface area contributed by atoms with Crippen LogP contribution in [-0.4, -0.2) is 58.3 Å². The van der Waals surface area contributed by atoms with Crippen LogP contribution in [0.25, 0.3) is 11.1 Å². The predicted molar refractivity (Wildman–Crippen MR) is 278 cm³/mol. The number of anilines is 4. The van der Waals surface area contributed by atoms with Gasteiger partial charge < -0.3 is 24.3 Å². The van der Waals surface area contributed by atoms with Crippen molar-refractivity contribution in [3.63, 3.8) is 0 Å². The first-order chi connectivity index (χ1) is 32.3. The highest BCUT2D eigenvalue weighted by atomic mass is 35.5. The smallest absolute Gasteiger partial charge is 0.341 e. The van der Waals surface area contributed by atoms with Crippen LogP contribution in [0.2, 0.25) is 20.1 Å². The number of rotatable bonds is 10. The van der Waals surface area contributed by atoms with Crippen molar-refractivity contribution in [1.82, 2.24) is 0 Å². The molecular formula is C56H58Cl4N4O2. The number of halogens is 4. The summed E-state index contributed by atoms with van der Waals surface area (Å²) in [6.45, 7) is 8.37. The monoisotopic (exact) mass is 958 g/mol. The van der Waals surface area contributed by atoms with Crippen LogP contribution in [0.4, 0.5) is 22.7 Å². The Morgan fingerprint density at radius 3 is 0.955 bits per heavy atom. The first-order valence-corrected chi connectivity index (χ1v) is 25.7. The third kappa shape index (κ3) is 9.20. The predicted octanol–water partition coefficient (Wildman–Crippen LogP) is 14.9. The third-order valence-electron chi connectivity index (χ3n) is 14.4. The first kappa shape index (κ1) is 45.2. The highest BCUT2D eigenvalue weighted by Crippen LogP contribution is 2.54. The van der Waals surface area contributed by atoms with Crippen molar-refractivity contribution in [2.45, 2.75) is 82.7 Å². The van der Waals surface area contributed by atoms with Crippen molar-refractivity contribution >= 4 is 86.3 Å². The fraction of sp³-hybridized carbons (Fsp3) is 0.375. The molecule has 0 unspecified atom stereocenters. The Balaban J connectivity index is 1.19. The molecule has 0 atom stereocenters. The van der Waals surface area contributed by atoms with Crippen molar-refractivity contribution in [1.29, 1.82) is 0 Å². The fourth-order valence-corrected chi connectivity index (χ4v) is 11.9. The Hall–Kier alpha value is -4.59. The van der Waals surface area contributed by atoms with Gasteiger partial charge in [0.25, 0.3) is 0 Å². The molecule has 0 aliphatic carbocycles. The van der Waals surface area contributed by atoms with Crippen molar-refractivity contribution in [3.05, 3.63) is 163 Å². The third-order valence-corrected chi connectivity index (χ3v) is 16.2. The van der Waals surface area contributed by atoms with Crippen LogP contribution < -0.4 is 19.6 Å². The van der Waals surface area contributed by atoms with Gasteiger partial charge in [0.2, 0.25) is 0 Å². The SMILES string of the molecule is O=C1OC(C=C(c2ccc(N3CCCCC3)cc2)c2ccc(N3CCCCC3)cc2)(C=C(c2ccc(N3CCCCC3)cc2)c2ccc(N3CCCCC3)cc2)c2c(Cl)c(Cl)c(Cl)c(Cl)c21. The highest BCUT2D eigenvalue weighted by molar-refractivity contribution is 6.53. The van der Waals surface area contributed by atoms with Gasteiger partial charge in [-0.05, 0) is 171 Å². The van der Waals surface area contributed by atoms with Crippen molar-refractivity contribution < 1.29 is 9.53 Å². The number of benzene rings is 5. The number of piperidine rings is 4. The highest BCUT2D eigenvalue weighted by Gasteiger charge is 2.48. The Morgan fingerprint density at radius 2 is 0.667 bits per heavy atom. The van der Waals surface area contributed by atoms with Crippen molar-refractivity contribution in [3.8, 4) is 0 Å². The molecule has 0 saturated carbocycles. The second-order valence-corrected chi connectivity index (χ2v) is 20.2. The molecule has 5 aromatic rings. The zero-order valence-corrected chi connectivity index (χ0v) is 40.7. The van der Waals surface area contributed by atoms with E-state index in [0.717, 1.165) is 85.8 Å². The molecule has 6 nitrogen and oxygen atoms in total. The van der Waals surface area contributed by atoms with E-state index >= 15 is 0 Å². The molecule has 0 N–H and O–H groups in total. The average Bonchev–Trinajstić information content (AvgIpc) is 3.68. The standard InChI is InChI=1S/C56H58Cl4N4O2/c57-51-49-50(52(58)54(60)53(51)59)56(66-55(49)65,37-47(39-13-21-43(22-14-39)61-29-5-1-6-30-61)40-15-23-44(24-16-40)62-31-7-2-8-32-62)38-48(41-17-25-45(26-18-41)63-33-9-3-10-34-63)42-19-27-46(28-20-42)64-35-11-4-12-36-64/h13-28,37-38H,1-12,29-36H2. The number of fused-ring (bicyclic) bond motifs is 1. The molecule has 5 aliphatic rings. The van der Waals surface area contributed by atoms with Crippen LogP contribution in [0.1, 0.15) is 115 Å². The molecule has 5 aromatic carbocycles. The van der Waals surface area contributed by atoms with E-state index in [1.165, 1.54) is 99.8 Å². The van der Waals surface area contributed by atoms with Crippen molar-refractivity contribution in [2.24, 2.45) is 0 Å². The number of carbonyl (C=O) groups is 1. The largest absolute Gasteiger partial charge is 0.442 e. The molecule has 0 spiro atoms. The molecule has 0 aromatic heterocycles. The zero-order chi connectivity index (χ0) is 45.2. The maximum absolute atomic E-state index is 14.6. The molecule has 66 heavy (non-hydrogen) atoms. The molecule has 0 amide bonds. The van der Waals surface area contributed by atoms with Gasteiger partial charge in [-0.3, -0.25) is 0 Å². The summed E-state index contributed by atoms with van der Waals surface area (Å²) in [6.07, 6.45) is 18.7. The summed E-state index contributed by atoms with van der Waals surface area (Å²) in [4.78, 5) is 24.4. The Bertz CT molecular complexity index is 2320. The number of esters is 1. The van der Waals surface area contributed by atoms with Gasteiger partial charge in [0.1, 0.15) is 0 Å². The quantitative estimate of drug-likeness (QED) is 0.0789. The minimum absolute atomic E-state index is 0.0198. The topological polar surface area (TPSA) is 39.3 Å². The van der Waals surface area contributed by atoms with Crippen LogP contribution in [0.3, 0.4) is 0 Å². The number of cyclic esters (lactones) is 1. The van der Waals surface area contributed by atoms with E-state index in [-0.39, 0.29) is 25.7 Å². The van der Waals surface area contributed by atoms with Crippen LogP contribution in [-0.2, 0) is 10.3 Å². The fourth-order valence-electron chi connectivity index (χ4n) is 10.8. The van der Waals surface area contributed by atoms with Crippen LogP contribution in [0.5, 0.6) is 0 Å². The van der Waals surface area contributed by atoms with E-state index in [9.17, 15) is 4.79 Å². The molecule has 342 valence electrons. The van der Waals surface area contributed by atoms with Crippen LogP contribution >= 0.6 is 46.4 Å². The maximum atomic E-state index is 14.6. The number of hydrogen-bond donors (Lipinski definition) is 0. The number of hydrogen-bond acceptors (Lipinski definition) is 6. The minimum atomic E-state index is -1.58. The minimum Gasteiger partial charge on any atom is -0.442 e. The second kappa shape index (κ2) is 19.9. The summed E-state index contributed by atoms with van der Waals surface area (Å²) < 4.78 is 6.80. The van der Waals surface area contributed by atoms with Gasteiger partial charge in [-0.2, -0.15) is 0 Å². The lowest BCUT2D eigenvalue weighted by Crippen LogP contribution is -2.29. The lowest BCUT2D eigenvalue weighted by Gasteiger charge is -2.30. The summed E-state index contributed by atoms with van der Waals surface area (Å²) in [7, 11) is 0. The van der Waals surface area contributed by atoms with E-state index in [1.54, 1.807) is 0 Å². The van der Waals surface area contributed by atoms with Gasteiger partial charge in [-0.15, -0.1) is 0 Å². The lowest BCUT2D eigenvalue weighted by atomic mass is 9.83. The number of ether oxygens (including phenoxy) is 1. The Morgan fingerprint density at radius 1 is 0.394 bits per heavy atom. The molecule has 0 bridgehead atoms. The van der Waals surface area contributed by atoms with Gasteiger partial charge >= 0.3 is 5.97 Å². The summed E-state index contributed by atoms with van der Waals surface area (Å²) in [5.74, 6) is -0.622. The summed E-state index contributed by atoms with van der Waals surface area (Å²) >= 11 is 28.1. The summed E-state index contributed by atoms with van der Waals surface area (Å²) in [5, 5.41) is 0.237. The normalized spacial score (nSPS) is 18.5. The second-order valence-electron chi connectivity index (χ2n) is 18.7. The molecule has 0 radical (unpaired) electrons. The van der Waals surface area contributed by atoms with E-state index in [0.29, 0.717) is 5.56 Å². The molecular weight excluding hydrogens is 902 g/mol. The average molecular weight is 961 g/mol. The van der Waals surface area contributed by atoms with E-state index in [1.807, 2.05) is 0 Å². The number of nitrogens with zero attached hydrogens (tertiary/aromatic N) is 4. The van der Waals surface area contributed by atoms with Gasteiger partial charge in [-0.25, -0.2) is 4.79 Å². The van der Waals surface area contributed by atoms with E-state index < -0.39 is 11.6 Å². The Kier molecular flexibility index (Phi) is 13.7. The molecule has 4 saturated heterocycles. The van der Waals surface area contributed by atoms with E-state index in [4.69, 9.17) is 51.1 Å². The van der Waals surface area contributed by atoms with Gasteiger partial charge in [0, 0.05) is 80.7 Å². The molecule has 4 fully saturated rings. The first-order valence-electron chi connectivity index (χ1n) is 24.2. The van der Waals surface area contributed by atoms with Crippen molar-refractivity contribution in [2.75, 3.05) is 72.0 Å². The lowest BCUT2D eigenvalue weighted by molar-refractivity contribution is 0.0300. The number of carbonyl (C=O) groups excluding carboxylic acids is 1. The zero-order valence-electron chi connectivity index (χ0n) is 37.7. The van der Waals surface area contributed by atoms with Crippen LogP contribution in [0.15, 0.2) is 109 Å². The van der Waals surface area contributed by atoms with Gasteiger partial charge in [0.05, 0.1) is 25.7 Å².